The van der Waals surface area contributed by atoms with Crippen LogP contribution < -0.4 is 5.73 Å². The van der Waals surface area contributed by atoms with E-state index < -0.39 is 5.91 Å². The van der Waals surface area contributed by atoms with Crippen LogP contribution in [0.3, 0.4) is 0 Å². The fourth-order valence-corrected chi connectivity index (χ4v) is 1.64. The number of primary amides is 1. The molecule has 86 valence electrons. The highest BCUT2D eigenvalue weighted by Gasteiger charge is 2.02. The highest BCUT2D eigenvalue weighted by molar-refractivity contribution is 9.10. The first-order valence-electron chi connectivity index (χ1n) is 4.98. The quantitative estimate of drug-likeness (QED) is 0.883. The maximum absolute atomic E-state index is 10.6. The molecule has 1 amide bonds. The van der Waals surface area contributed by atoms with E-state index in [4.69, 9.17) is 10.2 Å². The molecule has 0 spiro atoms. The van der Waals surface area contributed by atoms with E-state index in [1.807, 2.05) is 30.3 Å². The van der Waals surface area contributed by atoms with Gasteiger partial charge >= 0.3 is 0 Å². The minimum absolute atomic E-state index is 0.494. The number of benzene rings is 1. The number of amides is 1. The Morgan fingerprint density at radius 1 is 1.18 bits per heavy atom. The molecule has 0 radical (unpaired) electrons. The predicted molar refractivity (Wildman–Crippen MR) is 70.1 cm³/mol. The second-order valence-electron chi connectivity index (χ2n) is 3.44. The van der Waals surface area contributed by atoms with Crippen LogP contribution in [0.1, 0.15) is 5.76 Å². The van der Waals surface area contributed by atoms with Crippen LogP contribution in [0.5, 0.6) is 0 Å². The summed E-state index contributed by atoms with van der Waals surface area (Å²) in [6, 6.07) is 11.4. The van der Waals surface area contributed by atoms with Crippen molar-refractivity contribution < 1.29 is 9.21 Å². The summed E-state index contributed by atoms with van der Waals surface area (Å²) in [5.74, 6) is 0.856. The van der Waals surface area contributed by atoms with Gasteiger partial charge in [-0.05, 0) is 30.3 Å². The molecule has 0 aliphatic carbocycles. The van der Waals surface area contributed by atoms with Crippen LogP contribution in [0.25, 0.3) is 17.4 Å². The molecule has 4 heteroatoms. The molecule has 0 bridgehead atoms. The smallest absolute Gasteiger partial charge is 0.241 e. The van der Waals surface area contributed by atoms with Crippen molar-refractivity contribution in [1.82, 2.24) is 0 Å². The Kier molecular flexibility index (Phi) is 3.44. The van der Waals surface area contributed by atoms with Crippen molar-refractivity contribution in [3.63, 3.8) is 0 Å². The molecule has 1 heterocycles. The number of hydrogen-bond acceptors (Lipinski definition) is 2. The monoisotopic (exact) mass is 291 g/mol. The molecule has 0 fully saturated rings. The average Bonchev–Trinajstić information content (AvgIpc) is 2.76. The van der Waals surface area contributed by atoms with Crippen molar-refractivity contribution in [3.05, 3.63) is 52.7 Å². The fraction of sp³-hybridized carbons (Fsp3) is 0. The molecule has 2 N–H and O–H groups in total. The Morgan fingerprint density at radius 2 is 1.88 bits per heavy atom. The first kappa shape index (κ1) is 11.7. The van der Waals surface area contributed by atoms with Gasteiger partial charge in [0.25, 0.3) is 0 Å². The van der Waals surface area contributed by atoms with E-state index >= 15 is 0 Å². The van der Waals surface area contributed by atoms with E-state index in [1.54, 1.807) is 12.1 Å². The normalized spacial score (nSPS) is 10.9. The van der Waals surface area contributed by atoms with Crippen molar-refractivity contribution in [1.29, 1.82) is 0 Å². The summed E-state index contributed by atoms with van der Waals surface area (Å²) in [5, 5.41) is 0. The van der Waals surface area contributed by atoms with Gasteiger partial charge in [-0.15, -0.1) is 0 Å². The van der Waals surface area contributed by atoms with Crippen LogP contribution >= 0.6 is 15.9 Å². The topological polar surface area (TPSA) is 56.2 Å². The lowest BCUT2D eigenvalue weighted by Crippen LogP contribution is -2.04. The number of halogens is 1. The van der Waals surface area contributed by atoms with Gasteiger partial charge in [-0.3, -0.25) is 4.79 Å². The van der Waals surface area contributed by atoms with Crippen molar-refractivity contribution in [2.45, 2.75) is 0 Å². The molecule has 0 atom stereocenters. The number of furan rings is 1. The van der Waals surface area contributed by atoms with E-state index in [1.165, 1.54) is 6.08 Å². The van der Waals surface area contributed by atoms with Crippen molar-refractivity contribution >= 4 is 27.9 Å². The first-order valence-corrected chi connectivity index (χ1v) is 5.78. The molecule has 2 rings (SSSR count). The SMILES string of the molecule is NC(=O)/C=C\c1ccc(-c2ccc(Br)cc2)o1. The van der Waals surface area contributed by atoms with Crippen molar-refractivity contribution in [3.8, 4) is 11.3 Å². The summed E-state index contributed by atoms with van der Waals surface area (Å²) in [6.45, 7) is 0. The molecular formula is C13H10BrNO2. The van der Waals surface area contributed by atoms with Gasteiger partial charge in [0.2, 0.25) is 5.91 Å². The van der Waals surface area contributed by atoms with Gasteiger partial charge in [0.1, 0.15) is 11.5 Å². The maximum Gasteiger partial charge on any atom is 0.241 e. The minimum atomic E-state index is -0.494. The summed E-state index contributed by atoms with van der Waals surface area (Å²) in [6.07, 6.45) is 2.81. The van der Waals surface area contributed by atoms with Crippen molar-refractivity contribution in [2.24, 2.45) is 5.73 Å². The molecule has 17 heavy (non-hydrogen) atoms. The lowest BCUT2D eigenvalue weighted by Gasteiger charge is -1.96. The van der Waals surface area contributed by atoms with Gasteiger partial charge in [-0.1, -0.05) is 28.1 Å². The van der Waals surface area contributed by atoms with Crippen LogP contribution in [-0.2, 0) is 4.79 Å². The second kappa shape index (κ2) is 5.01. The summed E-state index contributed by atoms with van der Waals surface area (Å²) in [7, 11) is 0. The van der Waals surface area contributed by atoms with E-state index in [9.17, 15) is 4.79 Å². The molecule has 0 aliphatic rings. The maximum atomic E-state index is 10.6. The second-order valence-corrected chi connectivity index (χ2v) is 4.36. The van der Waals surface area contributed by atoms with Crippen LogP contribution in [0, 0.1) is 0 Å². The molecule has 1 aromatic carbocycles. The zero-order valence-electron chi connectivity index (χ0n) is 8.89. The highest BCUT2D eigenvalue weighted by atomic mass is 79.9. The van der Waals surface area contributed by atoms with E-state index in [-0.39, 0.29) is 0 Å². The summed E-state index contributed by atoms with van der Waals surface area (Å²) < 4.78 is 6.57. The van der Waals surface area contributed by atoms with Gasteiger partial charge in [0.05, 0.1) is 0 Å². The Morgan fingerprint density at radius 3 is 2.53 bits per heavy atom. The van der Waals surface area contributed by atoms with E-state index in [0.717, 1.165) is 15.8 Å². The zero-order valence-corrected chi connectivity index (χ0v) is 10.5. The van der Waals surface area contributed by atoms with Gasteiger partial charge in [0, 0.05) is 16.1 Å². The Hall–Kier alpha value is -1.81. The highest BCUT2D eigenvalue weighted by Crippen LogP contribution is 2.24. The molecule has 0 saturated heterocycles. The third-order valence-corrected chi connectivity index (χ3v) is 2.70. The van der Waals surface area contributed by atoms with E-state index in [2.05, 4.69) is 15.9 Å². The van der Waals surface area contributed by atoms with Crippen LogP contribution in [0.2, 0.25) is 0 Å². The summed E-state index contributed by atoms with van der Waals surface area (Å²) >= 11 is 3.37. The third kappa shape index (κ3) is 3.07. The van der Waals surface area contributed by atoms with Crippen molar-refractivity contribution in [2.75, 3.05) is 0 Å². The van der Waals surface area contributed by atoms with Gasteiger partial charge in [-0.25, -0.2) is 0 Å². The minimum Gasteiger partial charge on any atom is -0.457 e. The zero-order chi connectivity index (χ0) is 12.3. The molecule has 2 aromatic rings. The molecule has 0 aliphatic heterocycles. The lowest BCUT2D eigenvalue weighted by atomic mass is 10.2. The van der Waals surface area contributed by atoms with Gasteiger partial charge in [-0.2, -0.15) is 0 Å². The van der Waals surface area contributed by atoms with E-state index in [0.29, 0.717) is 5.76 Å². The Bertz CT molecular complexity index is 555. The average molecular weight is 292 g/mol. The molecule has 0 saturated carbocycles. The van der Waals surface area contributed by atoms with Crippen LogP contribution in [0.4, 0.5) is 0 Å². The molecule has 0 unspecified atom stereocenters. The number of carbonyl (C=O) groups is 1. The first-order chi connectivity index (χ1) is 8.15. The predicted octanol–water partition coefficient (Wildman–Crippen LogP) is 3.21. The Labute approximate surface area is 107 Å². The standard InChI is InChI=1S/C13H10BrNO2/c14-10-3-1-9(2-4-10)12-7-5-11(17-12)6-8-13(15)16/h1-8H,(H2,15,16)/b8-6-. The van der Waals surface area contributed by atoms with Crippen LogP contribution in [0.15, 0.2) is 51.4 Å². The Balaban J connectivity index is 2.23. The number of carbonyl (C=O) groups excluding carboxylic acids is 1. The summed E-state index contributed by atoms with van der Waals surface area (Å²) in [4.78, 5) is 10.6. The number of hydrogen-bond donors (Lipinski definition) is 1. The lowest BCUT2D eigenvalue weighted by molar-refractivity contribution is -0.113. The molecule has 3 nitrogen and oxygen atoms in total. The fourth-order valence-electron chi connectivity index (χ4n) is 1.38. The molecule has 1 aromatic heterocycles. The summed E-state index contributed by atoms with van der Waals surface area (Å²) in [5.41, 5.74) is 5.98. The third-order valence-electron chi connectivity index (χ3n) is 2.17. The van der Waals surface area contributed by atoms with Crippen LogP contribution in [-0.4, -0.2) is 5.91 Å². The largest absolute Gasteiger partial charge is 0.457 e. The number of nitrogens with two attached hydrogens (primary N) is 1. The number of rotatable bonds is 3. The van der Waals surface area contributed by atoms with Gasteiger partial charge in [0.15, 0.2) is 0 Å². The van der Waals surface area contributed by atoms with Gasteiger partial charge < -0.3 is 10.2 Å². The molecular weight excluding hydrogens is 282 g/mol.